The fourth-order valence-electron chi connectivity index (χ4n) is 1.62. The van der Waals surface area contributed by atoms with E-state index < -0.39 is 0 Å². The van der Waals surface area contributed by atoms with E-state index in [9.17, 15) is 0 Å². The number of anilines is 2. The van der Waals surface area contributed by atoms with Crippen molar-refractivity contribution in [1.82, 2.24) is 9.97 Å². The first-order valence-electron chi connectivity index (χ1n) is 6.77. The average molecular weight is 315 g/mol. The van der Waals surface area contributed by atoms with E-state index in [1.165, 1.54) is 25.7 Å². The molecule has 0 radical (unpaired) electrons. The molecule has 0 fully saturated rings. The molecule has 0 bridgehead atoms. The second kappa shape index (κ2) is 9.14. The number of hydrogen-bond acceptors (Lipinski definition) is 4. The summed E-state index contributed by atoms with van der Waals surface area (Å²) in [4.78, 5) is 8.48. The molecule has 0 aliphatic rings. The van der Waals surface area contributed by atoms with Crippen LogP contribution in [0.2, 0.25) is 0 Å². The molecule has 0 aliphatic carbocycles. The van der Waals surface area contributed by atoms with Gasteiger partial charge in [0.25, 0.3) is 0 Å². The van der Waals surface area contributed by atoms with Gasteiger partial charge in [-0.25, -0.2) is 9.97 Å². The van der Waals surface area contributed by atoms with Crippen LogP contribution in [0.3, 0.4) is 0 Å². The molecule has 0 saturated carbocycles. The third-order valence-electron chi connectivity index (χ3n) is 2.65. The largest absolute Gasteiger partial charge is 0.369 e. The van der Waals surface area contributed by atoms with Gasteiger partial charge in [-0.1, -0.05) is 33.1 Å². The number of aromatic nitrogens is 2. The molecule has 0 aromatic carbocycles. The van der Waals surface area contributed by atoms with Crippen LogP contribution in [0.25, 0.3) is 0 Å². The molecule has 0 saturated heterocycles. The van der Waals surface area contributed by atoms with Gasteiger partial charge in [0.15, 0.2) is 0 Å². The molecule has 2 N–H and O–H groups in total. The van der Waals surface area contributed by atoms with Crippen molar-refractivity contribution in [2.45, 2.75) is 46.0 Å². The third-order valence-corrected chi connectivity index (χ3v) is 3.41. The van der Waals surface area contributed by atoms with E-state index in [-0.39, 0.29) is 0 Å². The minimum atomic E-state index is 0.864. The SMILES string of the molecule is CCCCCCNc1ncnc(NCCC)c1Br. The fourth-order valence-corrected chi connectivity index (χ4v) is 2.10. The zero-order chi connectivity index (χ0) is 13.2. The molecule has 4 nitrogen and oxygen atoms in total. The topological polar surface area (TPSA) is 49.8 Å². The second-order valence-electron chi connectivity index (χ2n) is 4.30. The van der Waals surface area contributed by atoms with Crippen LogP contribution >= 0.6 is 15.9 Å². The molecular formula is C13H23BrN4. The van der Waals surface area contributed by atoms with Gasteiger partial charge < -0.3 is 10.6 Å². The van der Waals surface area contributed by atoms with E-state index in [1.54, 1.807) is 6.33 Å². The summed E-state index contributed by atoms with van der Waals surface area (Å²) >= 11 is 3.54. The first kappa shape index (κ1) is 15.2. The highest BCUT2D eigenvalue weighted by Crippen LogP contribution is 2.26. The van der Waals surface area contributed by atoms with Crippen molar-refractivity contribution in [2.24, 2.45) is 0 Å². The maximum Gasteiger partial charge on any atom is 0.145 e. The highest BCUT2D eigenvalue weighted by Gasteiger charge is 2.07. The van der Waals surface area contributed by atoms with E-state index in [2.05, 4.69) is 50.4 Å². The molecule has 5 heteroatoms. The van der Waals surface area contributed by atoms with Gasteiger partial charge in [-0.3, -0.25) is 0 Å². The molecule has 1 rings (SSSR count). The van der Waals surface area contributed by atoms with Crippen LogP contribution in [0.4, 0.5) is 11.6 Å². The molecule has 18 heavy (non-hydrogen) atoms. The first-order chi connectivity index (χ1) is 8.79. The van der Waals surface area contributed by atoms with Crippen molar-refractivity contribution in [3.8, 4) is 0 Å². The molecule has 1 aromatic heterocycles. The normalized spacial score (nSPS) is 10.4. The van der Waals surface area contributed by atoms with Crippen LogP contribution in [0, 0.1) is 0 Å². The van der Waals surface area contributed by atoms with Crippen LogP contribution < -0.4 is 10.6 Å². The van der Waals surface area contributed by atoms with Crippen molar-refractivity contribution in [2.75, 3.05) is 23.7 Å². The summed E-state index contributed by atoms with van der Waals surface area (Å²) in [6.07, 6.45) is 7.70. The second-order valence-corrected chi connectivity index (χ2v) is 5.09. The summed E-state index contributed by atoms with van der Waals surface area (Å²) in [5.41, 5.74) is 0. The lowest BCUT2D eigenvalue weighted by Gasteiger charge is -2.11. The van der Waals surface area contributed by atoms with Crippen molar-refractivity contribution in [1.29, 1.82) is 0 Å². The van der Waals surface area contributed by atoms with E-state index in [1.807, 2.05) is 0 Å². The Kier molecular flexibility index (Phi) is 7.73. The van der Waals surface area contributed by atoms with E-state index in [0.717, 1.165) is 35.6 Å². The summed E-state index contributed by atoms with van der Waals surface area (Å²) in [5, 5.41) is 6.63. The quantitative estimate of drug-likeness (QED) is 0.675. The van der Waals surface area contributed by atoms with Gasteiger partial charge in [-0.2, -0.15) is 0 Å². The molecule has 0 atom stereocenters. The molecule has 0 spiro atoms. The Morgan fingerprint density at radius 1 is 0.944 bits per heavy atom. The van der Waals surface area contributed by atoms with E-state index >= 15 is 0 Å². The molecule has 0 unspecified atom stereocenters. The fraction of sp³-hybridized carbons (Fsp3) is 0.692. The Labute approximate surface area is 118 Å². The number of rotatable bonds is 9. The van der Waals surface area contributed by atoms with Crippen LogP contribution in [-0.2, 0) is 0 Å². The number of hydrogen-bond donors (Lipinski definition) is 2. The first-order valence-corrected chi connectivity index (χ1v) is 7.57. The number of nitrogens with zero attached hydrogens (tertiary/aromatic N) is 2. The van der Waals surface area contributed by atoms with Crippen molar-refractivity contribution in [3.63, 3.8) is 0 Å². The predicted octanol–water partition coefficient (Wildman–Crippen LogP) is 4.05. The Balaban J connectivity index is 2.44. The average Bonchev–Trinajstić information content (AvgIpc) is 2.39. The van der Waals surface area contributed by atoms with Crippen molar-refractivity contribution >= 4 is 27.6 Å². The van der Waals surface area contributed by atoms with Crippen LogP contribution in [-0.4, -0.2) is 23.1 Å². The van der Waals surface area contributed by atoms with Gasteiger partial charge in [-0.15, -0.1) is 0 Å². The monoisotopic (exact) mass is 314 g/mol. The summed E-state index contributed by atoms with van der Waals surface area (Å²) < 4.78 is 0.925. The predicted molar refractivity (Wildman–Crippen MR) is 81.1 cm³/mol. The maximum absolute atomic E-state index is 4.26. The lowest BCUT2D eigenvalue weighted by Crippen LogP contribution is -2.08. The van der Waals surface area contributed by atoms with Gasteiger partial charge in [0.2, 0.25) is 0 Å². The molecular weight excluding hydrogens is 292 g/mol. The molecule has 0 aliphatic heterocycles. The lowest BCUT2D eigenvalue weighted by atomic mass is 10.2. The summed E-state index contributed by atoms with van der Waals surface area (Å²) in [7, 11) is 0. The zero-order valence-electron chi connectivity index (χ0n) is 11.3. The molecule has 0 amide bonds. The minimum Gasteiger partial charge on any atom is -0.369 e. The van der Waals surface area contributed by atoms with Crippen molar-refractivity contribution < 1.29 is 0 Å². The zero-order valence-corrected chi connectivity index (χ0v) is 12.9. The number of halogens is 1. The van der Waals surface area contributed by atoms with Gasteiger partial charge in [-0.05, 0) is 28.8 Å². The lowest BCUT2D eigenvalue weighted by molar-refractivity contribution is 0.684. The van der Waals surface area contributed by atoms with Crippen LogP contribution in [0.5, 0.6) is 0 Å². The number of nitrogens with one attached hydrogen (secondary N) is 2. The van der Waals surface area contributed by atoms with Crippen LogP contribution in [0.15, 0.2) is 10.8 Å². The summed E-state index contributed by atoms with van der Waals surface area (Å²) in [6, 6.07) is 0. The van der Waals surface area contributed by atoms with Gasteiger partial charge in [0, 0.05) is 13.1 Å². The third kappa shape index (κ3) is 5.21. The van der Waals surface area contributed by atoms with Crippen LogP contribution in [0.1, 0.15) is 46.0 Å². The molecule has 1 heterocycles. The minimum absolute atomic E-state index is 0.864. The Morgan fingerprint density at radius 3 is 2.22 bits per heavy atom. The highest BCUT2D eigenvalue weighted by atomic mass is 79.9. The highest BCUT2D eigenvalue weighted by molar-refractivity contribution is 9.10. The Bertz CT molecular complexity index is 344. The van der Waals surface area contributed by atoms with Crippen molar-refractivity contribution in [3.05, 3.63) is 10.8 Å². The summed E-state index contributed by atoms with van der Waals surface area (Å²) in [6.45, 7) is 6.24. The summed E-state index contributed by atoms with van der Waals surface area (Å²) in [5.74, 6) is 1.74. The van der Waals surface area contributed by atoms with Gasteiger partial charge in [0.05, 0.1) is 0 Å². The molecule has 102 valence electrons. The standard InChI is InChI=1S/C13H23BrN4/c1-3-5-6-7-9-16-13-11(14)12(15-8-4-2)17-10-18-13/h10H,3-9H2,1-2H3,(H2,15,16,17,18). The van der Waals surface area contributed by atoms with E-state index in [0.29, 0.717) is 0 Å². The molecule has 1 aromatic rings. The van der Waals surface area contributed by atoms with Gasteiger partial charge in [0.1, 0.15) is 22.4 Å². The Morgan fingerprint density at radius 2 is 1.61 bits per heavy atom. The Hall–Kier alpha value is -0.840. The number of unbranched alkanes of at least 4 members (excludes halogenated alkanes) is 3. The van der Waals surface area contributed by atoms with Gasteiger partial charge >= 0.3 is 0 Å². The maximum atomic E-state index is 4.26. The van der Waals surface area contributed by atoms with E-state index in [4.69, 9.17) is 0 Å². The smallest absolute Gasteiger partial charge is 0.145 e.